The quantitative estimate of drug-likeness (QED) is 0.359. The Morgan fingerprint density at radius 2 is 1.43 bits per heavy atom. The average molecular weight is 388 g/mol. The number of hydrogen-bond donors (Lipinski definition) is 0. The lowest BCUT2D eigenvalue weighted by Gasteiger charge is -2.25. The maximum atomic E-state index is 6.09. The minimum Gasteiger partial charge on any atom is -0.489 e. The molecule has 0 heterocycles. The minimum atomic E-state index is 0.589. The van der Waals surface area contributed by atoms with Crippen molar-refractivity contribution < 1.29 is 4.74 Å². The van der Waals surface area contributed by atoms with Gasteiger partial charge < -0.3 is 4.74 Å². The van der Waals surface area contributed by atoms with E-state index in [2.05, 4.69) is 78.9 Å². The predicted molar refractivity (Wildman–Crippen MR) is 123 cm³/mol. The molecule has 0 fully saturated rings. The molecule has 1 aliphatic carbocycles. The van der Waals surface area contributed by atoms with Crippen LogP contribution < -0.4 is 4.74 Å². The van der Waals surface area contributed by atoms with Crippen molar-refractivity contribution >= 4 is 11.1 Å². The van der Waals surface area contributed by atoms with Gasteiger partial charge in [-0.2, -0.15) is 0 Å². The van der Waals surface area contributed by atoms with E-state index in [0.29, 0.717) is 6.61 Å². The molecule has 1 nitrogen and oxygen atoms in total. The summed E-state index contributed by atoms with van der Waals surface area (Å²) in [6.45, 7) is 0.589. The van der Waals surface area contributed by atoms with E-state index in [4.69, 9.17) is 4.74 Å². The summed E-state index contributed by atoms with van der Waals surface area (Å²) < 4.78 is 6.09. The molecule has 4 aromatic rings. The Kier molecular flexibility index (Phi) is 5.18. The zero-order chi connectivity index (χ0) is 20.2. The van der Waals surface area contributed by atoms with Crippen molar-refractivity contribution in [3.63, 3.8) is 0 Å². The van der Waals surface area contributed by atoms with Gasteiger partial charge in [-0.3, -0.25) is 0 Å². The van der Waals surface area contributed by atoms with E-state index in [-0.39, 0.29) is 0 Å². The molecule has 1 aliphatic rings. The highest BCUT2D eigenvalue weighted by atomic mass is 16.5. The van der Waals surface area contributed by atoms with Crippen LogP contribution >= 0.6 is 0 Å². The Morgan fingerprint density at radius 1 is 0.700 bits per heavy atom. The summed E-state index contributed by atoms with van der Waals surface area (Å²) in [4.78, 5) is 0. The fourth-order valence-electron chi connectivity index (χ4n) is 4.21. The Bertz CT molecular complexity index is 1160. The van der Waals surface area contributed by atoms with Gasteiger partial charge in [0.05, 0.1) is 0 Å². The normalized spacial score (nSPS) is 13.1. The van der Waals surface area contributed by atoms with Crippen LogP contribution in [-0.4, -0.2) is 0 Å². The number of rotatable bonds is 5. The lowest BCUT2D eigenvalue weighted by Crippen LogP contribution is -2.07. The van der Waals surface area contributed by atoms with E-state index in [0.717, 1.165) is 18.6 Å². The summed E-state index contributed by atoms with van der Waals surface area (Å²) in [5, 5.41) is 0. The second-order valence-corrected chi connectivity index (χ2v) is 7.60. The number of allylic oxidation sites excluding steroid dienone is 1. The van der Waals surface area contributed by atoms with Crippen LogP contribution in [0.1, 0.15) is 34.2 Å². The van der Waals surface area contributed by atoms with Crippen LogP contribution in [0, 0.1) is 6.07 Å². The monoisotopic (exact) mass is 387 g/mol. The van der Waals surface area contributed by atoms with Gasteiger partial charge in [-0.1, -0.05) is 91.0 Å². The third-order valence-corrected chi connectivity index (χ3v) is 5.67. The summed E-state index contributed by atoms with van der Waals surface area (Å²) in [7, 11) is 0. The molecule has 0 atom stereocenters. The van der Waals surface area contributed by atoms with Gasteiger partial charge in [0.2, 0.25) is 0 Å². The maximum absolute atomic E-state index is 6.09. The standard InChI is InChI=1S/C29H23O/c1-4-10-22(11-5-1)21-30-26-17-19-28-25(20-26)16-18-27(23-12-6-2-7-13-23)29(28)24-14-8-3-9-15-24/h1-2,4-15,17,19-20H,16,18,21H2. The number of benzene rings is 4. The fourth-order valence-corrected chi connectivity index (χ4v) is 4.21. The Morgan fingerprint density at radius 3 is 2.20 bits per heavy atom. The summed E-state index contributed by atoms with van der Waals surface area (Å²) in [6, 6.07) is 39.1. The third-order valence-electron chi connectivity index (χ3n) is 5.67. The van der Waals surface area contributed by atoms with Gasteiger partial charge in [-0.25, -0.2) is 0 Å². The summed E-state index contributed by atoms with van der Waals surface area (Å²) >= 11 is 0. The lowest BCUT2D eigenvalue weighted by atomic mass is 9.80. The first-order chi connectivity index (χ1) is 14.9. The molecule has 0 saturated heterocycles. The Labute approximate surface area is 178 Å². The zero-order valence-corrected chi connectivity index (χ0v) is 16.8. The Hall–Kier alpha value is -3.58. The molecule has 0 spiro atoms. The van der Waals surface area contributed by atoms with Crippen LogP contribution in [0.5, 0.6) is 5.75 Å². The smallest absolute Gasteiger partial charge is 0.120 e. The molecule has 4 aromatic carbocycles. The van der Waals surface area contributed by atoms with Crippen molar-refractivity contribution in [2.24, 2.45) is 0 Å². The highest BCUT2D eigenvalue weighted by molar-refractivity contribution is 6.00. The summed E-state index contributed by atoms with van der Waals surface area (Å²) in [6.07, 6.45) is 2.04. The molecule has 0 unspecified atom stereocenters. The minimum absolute atomic E-state index is 0.589. The molecule has 0 N–H and O–H groups in total. The number of ether oxygens (including phenoxy) is 1. The second kappa shape index (κ2) is 8.42. The number of hydrogen-bond acceptors (Lipinski definition) is 1. The molecular formula is C29H23O. The molecule has 0 amide bonds. The maximum Gasteiger partial charge on any atom is 0.120 e. The highest BCUT2D eigenvalue weighted by Crippen LogP contribution is 2.41. The molecule has 0 bridgehead atoms. The van der Waals surface area contributed by atoms with Crippen LogP contribution in [0.2, 0.25) is 0 Å². The highest BCUT2D eigenvalue weighted by Gasteiger charge is 2.21. The molecule has 30 heavy (non-hydrogen) atoms. The van der Waals surface area contributed by atoms with Gasteiger partial charge in [0.1, 0.15) is 12.4 Å². The van der Waals surface area contributed by atoms with E-state index < -0.39 is 0 Å². The van der Waals surface area contributed by atoms with E-state index in [9.17, 15) is 0 Å². The van der Waals surface area contributed by atoms with Crippen molar-refractivity contribution in [3.05, 3.63) is 137 Å². The molecule has 0 aromatic heterocycles. The van der Waals surface area contributed by atoms with Crippen molar-refractivity contribution in [2.45, 2.75) is 19.4 Å². The first-order valence-electron chi connectivity index (χ1n) is 10.4. The SMILES string of the molecule is [c]1ccc(C2=C(c3ccccc3)CCc3cc(OCc4ccccc4)ccc32)cc1. The summed E-state index contributed by atoms with van der Waals surface area (Å²) in [5.41, 5.74) is 9.12. The summed E-state index contributed by atoms with van der Waals surface area (Å²) in [5.74, 6) is 0.932. The van der Waals surface area contributed by atoms with E-state index in [1.54, 1.807) is 0 Å². The molecule has 1 radical (unpaired) electrons. The topological polar surface area (TPSA) is 9.23 Å². The lowest BCUT2D eigenvalue weighted by molar-refractivity contribution is 0.306. The van der Waals surface area contributed by atoms with Crippen LogP contribution in [0.4, 0.5) is 0 Å². The van der Waals surface area contributed by atoms with Crippen molar-refractivity contribution in [1.82, 2.24) is 0 Å². The third kappa shape index (κ3) is 3.79. The molecule has 0 aliphatic heterocycles. The van der Waals surface area contributed by atoms with E-state index in [1.807, 2.05) is 30.3 Å². The molecule has 1 heteroatoms. The second-order valence-electron chi connectivity index (χ2n) is 7.60. The largest absolute Gasteiger partial charge is 0.489 e. The first-order valence-corrected chi connectivity index (χ1v) is 10.4. The van der Waals surface area contributed by atoms with E-state index in [1.165, 1.54) is 39.0 Å². The van der Waals surface area contributed by atoms with Gasteiger partial charge in [0.25, 0.3) is 0 Å². The predicted octanol–water partition coefficient (Wildman–Crippen LogP) is 6.97. The zero-order valence-electron chi connectivity index (χ0n) is 16.8. The van der Waals surface area contributed by atoms with Gasteiger partial charge in [0.15, 0.2) is 0 Å². The van der Waals surface area contributed by atoms with Gasteiger partial charge in [0, 0.05) is 0 Å². The van der Waals surface area contributed by atoms with Crippen LogP contribution in [0.3, 0.4) is 0 Å². The number of fused-ring (bicyclic) bond motifs is 1. The Balaban J connectivity index is 1.53. The van der Waals surface area contributed by atoms with Gasteiger partial charge >= 0.3 is 0 Å². The van der Waals surface area contributed by atoms with E-state index >= 15 is 0 Å². The van der Waals surface area contributed by atoms with Crippen LogP contribution in [0.15, 0.2) is 103 Å². The van der Waals surface area contributed by atoms with Gasteiger partial charge in [-0.05, 0) is 70.0 Å². The fraction of sp³-hybridized carbons (Fsp3) is 0.103. The van der Waals surface area contributed by atoms with Crippen molar-refractivity contribution in [1.29, 1.82) is 0 Å². The molecule has 0 saturated carbocycles. The molecule has 5 rings (SSSR count). The van der Waals surface area contributed by atoms with Crippen LogP contribution in [0.25, 0.3) is 11.1 Å². The van der Waals surface area contributed by atoms with Gasteiger partial charge in [-0.15, -0.1) is 0 Å². The molecular weight excluding hydrogens is 364 g/mol. The number of aryl methyl sites for hydroxylation is 1. The van der Waals surface area contributed by atoms with Crippen molar-refractivity contribution in [2.75, 3.05) is 0 Å². The van der Waals surface area contributed by atoms with Crippen molar-refractivity contribution in [3.8, 4) is 5.75 Å². The molecule has 145 valence electrons. The average Bonchev–Trinajstić information content (AvgIpc) is 2.83. The first kappa shape index (κ1) is 18.4. The van der Waals surface area contributed by atoms with Crippen LogP contribution in [-0.2, 0) is 13.0 Å².